The Morgan fingerprint density at radius 1 is 1.20 bits per heavy atom. The van der Waals surface area contributed by atoms with E-state index >= 15 is 0 Å². The highest BCUT2D eigenvalue weighted by molar-refractivity contribution is 5.74. The Balaban J connectivity index is 2.07. The number of allylic oxidation sites excluding steroid dienone is 2. The van der Waals surface area contributed by atoms with Crippen molar-refractivity contribution in [1.82, 2.24) is 4.90 Å². The van der Waals surface area contributed by atoms with Crippen LogP contribution in [0.2, 0.25) is 0 Å². The van der Waals surface area contributed by atoms with Crippen molar-refractivity contribution >= 4 is 5.57 Å². The van der Waals surface area contributed by atoms with Crippen LogP contribution in [0.4, 0.5) is 0 Å². The van der Waals surface area contributed by atoms with Gasteiger partial charge in [-0.3, -0.25) is 0 Å². The first kappa shape index (κ1) is 10.0. The zero-order valence-corrected chi connectivity index (χ0v) is 9.19. The van der Waals surface area contributed by atoms with Gasteiger partial charge < -0.3 is 4.90 Å². The summed E-state index contributed by atoms with van der Waals surface area (Å²) in [7, 11) is 0. The van der Waals surface area contributed by atoms with Crippen molar-refractivity contribution in [1.29, 1.82) is 0 Å². The molecule has 1 aliphatic heterocycles. The van der Waals surface area contributed by atoms with Crippen molar-refractivity contribution in [2.75, 3.05) is 13.1 Å². The molecule has 1 aromatic rings. The molecule has 0 radical (unpaired) electrons. The standard InChI is InChI=1S/C14H17N/c1-2-10-15-11-8-14(9-12-15)13-6-4-3-5-7-13/h3-9,11H,2,10,12H2,1H3. The molecule has 1 aliphatic rings. The van der Waals surface area contributed by atoms with E-state index in [2.05, 4.69) is 60.5 Å². The number of nitrogens with zero attached hydrogens (tertiary/aromatic N) is 1. The van der Waals surface area contributed by atoms with Gasteiger partial charge in [0.15, 0.2) is 0 Å². The fourth-order valence-electron chi connectivity index (χ4n) is 1.83. The molecule has 1 nitrogen and oxygen atoms in total. The van der Waals surface area contributed by atoms with Crippen molar-refractivity contribution in [2.24, 2.45) is 0 Å². The van der Waals surface area contributed by atoms with E-state index in [1.165, 1.54) is 17.6 Å². The van der Waals surface area contributed by atoms with Crippen LogP contribution >= 0.6 is 0 Å². The highest BCUT2D eigenvalue weighted by Gasteiger charge is 2.04. The first-order valence-electron chi connectivity index (χ1n) is 5.58. The van der Waals surface area contributed by atoms with Gasteiger partial charge in [-0.05, 0) is 29.8 Å². The van der Waals surface area contributed by atoms with Gasteiger partial charge >= 0.3 is 0 Å². The number of hydrogen-bond donors (Lipinski definition) is 0. The van der Waals surface area contributed by atoms with Crippen molar-refractivity contribution in [3.05, 3.63) is 54.2 Å². The molecule has 0 N–H and O–H groups in total. The predicted molar refractivity (Wildman–Crippen MR) is 65.4 cm³/mol. The summed E-state index contributed by atoms with van der Waals surface area (Å²) in [5.41, 5.74) is 2.65. The lowest BCUT2D eigenvalue weighted by Crippen LogP contribution is -2.20. The summed E-state index contributed by atoms with van der Waals surface area (Å²) in [6.45, 7) is 4.40. The molecule has 0 atom stereocenters. The van der Waals surface area contributed by atoms with Crippen LogP contribution in [0, 0.1) is 0 Å². The molecule has 0 aromatic heterocycles. The Kier molecular flexibility index (Phi) is 3.23. The highest BCUT2D eigenvalue weighted by atomic mass is 15.1. The molecule has 0 unspecified atom stereocenters. The lowest BCUT2D eigenvalue weighted by atomic mass is 10.0. The Hall–Kier alpha value is -1.50. The van der Waals surface area contributed by atoms with Crippen LogP contribution in [-0.4, -0.2) is 18.0 Å². The molecule has 0 aliphatic carbocycles. The Morgan fingerprint density at radius 2 is 2.00 bits per heavy atom. The zero-order chi connectivity index (χ0) is 10.5. The van der Waals surface area contributed by atoms with Crippen LogP contribution in [0.25, 0.3) is 5.57 Å². The lowest BCUT2D eigenvalue weighted by Gasteiger charge is -2.21. The second-order valence-corrected chi connectivity index (χ2v) is 3.84. The fourth-order valence-corrected chi connectivity index (χ4v) is 1.83. The maximum absolute atomic E-state index is 2.34. The van der Waals surface area contributed by atoms with E-state index in [1.807, 2.05) is 0 Å². The van der Waals surface area contributed by atoms with E-state index in [0.29, 0.717) is 0 Å². The van der Waals surface area contributed by atoms with Gasteiger partial charge in [-0.15, -0.1) is 0 Å². The van der Waals surface area contributed by atoms with Gasteiger partial charge in [0.05, 0.1) is 0 Å². The maximum atomic E-state index is 2.34. The van der Waals surface area contributed by atoms with Crippen LogP contribution in [0.5, 0.6) is 0 Å². The molecule has 2 rings (SSSR count). The first-order chi connectivity index (χ1) is 7.40. The molecule has 0 fully saturated rings. The number of hydrogen-bond acceptors (Lipinski definition) is 1. The normalized spacial score (nSPS) is 15.3. The number of benzene rings is 1. The SMILES string of the molecule is CCCN1C=CC(c2ccccc2)=CC1. The molecule has 1 heterocycles. The first-order valence-corrected chi connectivity index (χ1v) is 5.58. The summed E-state index contributed by atoms with van der Waals surface area (Å²) in [5, 5.41) is 0. The Morgan fingerprint density at radius 3 is 2.60 bits per heavy atom. The molecule has 0 saturated heterocycles. The van der Waals surface area contributed by atoms with Crippen LogP contribution < -0.4 is 0 Å². The van der Waals surface area contributed by atoms with E-state index in [9.17, 15) is 0 Å². The topological polar surface area (TPSA) is 3.24 Å². The van der Waals surface area contributed by atoms with Crippen molar-refractivity contribution in [3.8, 4) is 0 Å². The summed E-state index contributed by atoms with van der Waals surface area (Å²) in [4.78, 5) is 2.34. The van der Waals surface area contributed by atoms with E-state index in [1.54, 1.807) is 0 Å². The molecular formula is C14H17N. The third kappa shape index (κ3) is 2.50. The maximum Gasteiger partial charge on any atom is 0.0363 e. The zero-order valence-electron chi connectivity index (χ0n) is 9.19. The van der Waals surface area contributed by atoms with Gasteiger partial charge in [-0.25, -0.2) is 0 Å². The van der Waals surface area contributed by atoms with Crippen LogP contribution in [0.15, 0.2) is 48.7 Å². The van der Waals surface area contributed by atoms with E-state index in [-0.39, 0.29) is 0 Å². The van der Waals surface area contributed by atoms with Crippen molar-refractivity contribution in [3.63, 3.8) is 0 Å². The van der Waals surface area contributed by atoms with Crippen LogP contribution in [0.3, 0.4) is 0 Å². The summed E-state index contributed by atoms with van der Waals surface area (Å²) in [6.07, 6.45) is 7.91. The third-order valence-corrected chi connectivity index (χ3v) is 2.63. The van der Waals surface area contributed by atoms with Gasteiger partial charge in [-0.2, -0.15) is 0 Å². The molecule has 78 valence electrons. The summed E-state index contributed by atoms with van der Waals surface area (Å²) >= 11 is 0. The quantitative estimate of drug-likeness (QED) is 0.722. The van der Waals surface area contributed by atoms with Gasteiger partial charge in [0.1, 0.15) is 0 Å². The average Bonchev–Trinajstić information content (AvgIpc) is 2.32. The second-order valence-electron chi connectivity index (χ2n) is 3.84. The molecule has 0 saturated carbocycles. The Labute approximate surface area is 91.7 Å². The Bertz CT molecular complexity index is 362. The smallest absolute Gasteiger partial charge is 0.0363 e. The lowest BCUT2D eigenvalue weighted by molar-refractivity contribution is 0.412. The second kappa shape index (κ2) is 4.83. The molecule has 0 amide bonds. The van der Waals surface area contributed by atoms with Crippen molar-refractivity contribution < 1.29 is 0 Å². The highest BCUT2D eigenvalue weighted by Crippen LogP contribution is 2.18. The minimum atomic E-state index is 1.04. The summed E-state index contributed by atoms with van der Waals surface area (Å²) < 4.78 is 0. The van der Waals surface area contributed by atoms with Crippen molar-refractivity contribution in [2.45, 2.75) is 13.3 Å². The molecule has 0 bridgehead atoms. The van der Waals surface area contributed by atoms with Gasteiger partial charge in [-0.1, -0.05) is 43.3 Å². The van der Waals surface area contributed by atoms with Gasteiger partial charge in [0.2, 0.25) is 0 Å². The largest absolute Gasteiger partial charge is 0.374 e. The summed E-state index contributed by atoms with van der Waals surface area (Å²) in [5.74, 6) is 0. The predicted octanol–water partition coefficient (Wildman–Crippen LogP) is 3.31. The number of rotatable bonds is 3. The van der Waals surface area contributed by atoms with Gasteiger partial charge in [0.25, 0.3) is 0 Å². The van der Waals surface area contributed by atoms with E-state index in [0.717, 1.165) is 13.1 Å². The van der Waals surface area contributed by atoms with Crippen LogP contribution in [0.1, 0.15) is 18.9 Å². The molecule has 0 spiro atoms. The fraction of sp³-hybridized carbons (Fsp3) is 0.286. The average molecular weight is 199 g/mol. The monoisotopic (exact) mass is 199 g/mol. The third-order valence-electron chi connectivity index (χ3n) is 2.63. The molecule has 1 heteroatoms. The van der Waals surface area contributed by atoms with E-state index in [4.69, 9.17) is 0 Å². The minimum absolute atomic E-state index is 1.04. The van der Waals surface area contributed by atoms with Crippen LogP contribution in [-0.2, 0) is 0 Å². The molecule has 15 heavy (non-hydrogen) atoms. The summed E-state index contributed by atoms with van der Waals surface area (Å²) in [6, 6.07) is 10.5. The molecular weight excluding hydrogens is 182 g/mol. The minimum Gasteiger partial charge on any atom is -0.374 e. The van der Waals surface area contributed by atoms with E-state index < -0.39 is 0 Å². The molecule has 1 aromatic carbocycles. The van der Waals surface area contributed by atoms with Gasteiger partial charge in [0, 0.05) is 13.1 Å².